The van der Waals surface area contributed by atoms with Crippen molar-refractivity contribution in [1.29, 1.82) is 0 Å². The molecule has 160 valence electrons. The molecule has 2 aromatic carbocycles. The molecule has 0 saturated carbocycles. The molecule has 1 N–H and O–H groups in total. The topological polar surface area (TPSA) is 73.6 Å². The number of ether oxygens (including phenoxy) is 2. The van der Waals surface area contributed by atoms with Gasteiger partial charge in [0.05, 0.1) is 17.8 Å². The lowest BCUT2D eigenvalue weighted by atomic mass is 10.00. The van der Waals surface area contributed by atoms with Gasteiger partial charge in [-0.2, -0.15) is 0 Å². The monoisotopic (exact) mass is 418 g/mol. The first-order valence-electron chi connectivity index (χ1n) is 10.5. The average molecular weight is 418 g/mol. The first kappa shape index (κ1) is 20.9. The minimum Gasteiger partial charge on any atom is -0.489 e. The lowest BCUT2D eigenvalue weighted by Gasteiger charge is -2.18. The molecule has 6 nitrogen and oxygen atoms in total. The van der Waals surface area contributed by atoms with Crippen molar-refractivity contribution in [2.75, 3.05) is 7.11 Å². The number of hydrogen-bond acceptors (Lipinski definition) is 4. The summed E-state index contributed by atoms with van der Waals surface area (Å²) in [6.07, 6.45) is 3.71. The van der Waals surface area contributed by atoms with Crippen LogP contribution in [0.3, 0.4) is 0 Å². The zero-order valence-corrected chi connectivity index (χ0v) is 17.8. The summed E-state index contributed by atoms with van der Waals surface area (Å²) in [6.45, 7) is 3.36. The van der Waals surface area contributed by atoms with Crippen molar-refractivity contribution in [2.45, 2.75) is 39.5 Å². The van der Waals surface area contributed by atoms with Crippen molar-refractivity contribution < 1.29 is 19.4 Å². The predicted octanol–water partition coefficient (Wildman–Crippen LogP) is 5.36. The van der Waals surface area contributed by atoms with Crippen LogP contribution >= 0.6 is 0 Å². The molecule has 2 aliphatic rings. The Morgan fingerprint density at radius 2 is 1.94 bits per heavy atom. The number of aromatic nitrogens is 2. The molecule has 0 fully saturated rings. The summed E-state index contributed by atoms with van der Waals surface area (Å²) < 4.78 is 13.2. The Bertz CT molecular complexity index is 1170. The summed E-state index contributed by atoms with van der Waals surface area (Å²) in [5.74, 6) is -0.246. The lowest BCUT2D eigenvalue weighted by Crippen LogP contribution is -2.17. The fourth-order valence-corrected chi connectivity index (χ4v) is 3.92. The third-order valence-electron chi connectivity index (χ3n) is 5.38. The van der Waals surface area contributed by atoms with Crippen LogP contribution in [-0.2, 0) is 24.5 Å². The molecule has 0 radical (unpaired) electrons. The van der Waals surface area contributed by atoms with Gasteiger partial charge < -0.3 is 19.1 Å². The molecular formula is C25H26N2O4. The molecular weight excluding hydrogens is 392 g/mol. The molecule has 0 spiro atoms. The predicted molar refractivity (Wildman–Crippen MR) is 120 cm³/mol. The largest absolute Gasteiger partial charge is 0.489 e. The third-order valence-corrected chi connectivity index (χ3v) is 5.38. The van der Waals surface area contributed by atoms with Crippen LogP contribution in [0.5, 0.6) is 5.75 Å². The van der Waals surface area contributed by atoms with Crippen LogP contribution in [0.2, 0.25) is 0 Å². The molecule has 0 amide bonds. The fourth-order valence-electron chi connectivity index (χ4n) is 3.92. The van der Waals surface area contributed by atoms with E-state index in [2.05, 4.69) is 6.92 Å². The maximum absolute atomic E-state index is 12.2. The number of rotatable bonds is 9. The zero-order valence-electron chi connectivity index (χ0n) is 17.8. The Hall–Kier alpha value is -3.38. The SMILES string of the molecule is CCCCn1cc2nc3ccc(OCc4ccccc4)cc3c-2c(COC)c1C(=O)O. The molecule has 0 unspecified atom stereocenters. The van der Waals surface area contributed by atoms with Crippen molar-refractivity contribution in [3.63, 3.8) is 0 Å². The molecule has 2 aliphatic heterocycles. The molecule has 6 heteroatoms. The number of carboxylic acids is 1. The van der Waals surface area contributed by atoms with Crippen LogP contribution in [0.4, 0.5) is 0 Å². The number of aryl methyl sites for hydroxylation is 1. The highest BCUT2D eigenvalue weighted by molar-refractivity contribution is 6.02. The number of unbranched alkanes of at least 4 members (excludes halogenated alkanes) is 1. The van der Waals surface area contributed by atoms with Crippen molar-refractivity contribution >= 4 is 16.9 Å². The normalized spacial score (nSPS) is 11.3. The second-order valence-corrected chi connectivity index (χ2v) is 7.57. The summed E-state index contributed by atoms with van der Waals surface area (Å²) in [4.78, 5) is 16.9. The van der Waals surface area contributed by atoms with Gasteiger partial charge in [-0.05, 0) is 30.2 Å². The molecule has 31 heavy (non-hydrogen) atoms. The van der Waals surface area contributed by atoms with Gasteiger partial charge in [-0.1, -0.05) is 43.7 Å². The van der Waals surface area contributed by atoms with Crippen LogP contribution in [0.15, 0.2) is 54.7 Å². The summed E-state index contributed by atoms with van der Waals surface area (Å²) in [5.41, 5.74) is 4.37. The van der Waals surface area contributed by atoms with E-state index in [0.717, 1.165) is 40.6 Å². The molecule has 0 saturated heterocycles. The first-order chi connectivity index (χ1) is 15.1. The number of pyridine rings is 1. The Morgan fingerprint density at radius 1 is 1.13 bits per heavy atom. The lowest BCUT2D eigenvalue weighted by molar-refractivity contribution is 0.0677. The van der Waals surface area contributed by atoms with Crippen LogP contribution < -0.4 is 4.74 Å². The van der Waals surface area contributed by atoms with E-state index in [0.29, 0.717) is 24.5 Å². The highest BCUT2D eigenvalue weighted by atomic mass is 16.5. The average Bonchev–Trinajstić information content (AvgIpc) is 3.14. The van der Waals surface area contributed by atoms with Crippen molar-refractivity contribution in [3.05, 3.63) is 71.5 Å². The van der Waals surface area contributed by atoms with Gasteiger partial charge in [0.25, 0.3) is 0 Å². The number of carboxylic acid groups (broad SMARTS) is 1. The van der Waals surface area contributed by atoms with Gasteiger partial charge in [0, 0.05) is 36.4 Å². The molecule has 4 rings (SSSR count). The number of fused-ring (bicyclic) bond motifs is 3. The highest BCUT2D eigenvalue weighted by Gasteiger charge is 2.25. The smallest absolute Gasteiger partial charge is 0.352 e. The van der Waals surface area contributed by atoms with Gasteiger partial charge in [-0.3, -0.25) is 0 Å². The number of nitrogens with zero attached hydrogens (tertiary/aromatic N) is 2. The van der Waals surface area contributed by atoms with E-state index in [1.807, 2.05) is 54.7 Å². The van der Waals surface area contributed by atoms with Gasteiger partial charge >= 0.3 is 5.97 Å². The maximum Gasteiger partial charge on any atom is 0.352 e. The fraction of sp³-hybridized carbons (Fsp3) is 0.280. The molecule has 0 bridgehead atoms. The second kappa shape index (κ2) is 9.18. The van der Waals surface area contributed by atoms with Crippen molar-refractivity contribution in [2.24, 2.45) is 0 Å². The Labute approximate surface area is 181 Å². The van der Waals surface area contributed by atoms with E-state index in [1.54, 1.807) is 11.7 Å². The molecule has 0 atom stereocenters. The van der Waals surface area contributed by atoms with E-state index in [4.69, 9.17) is 14.5 Å². The number of aromatic carboxylic acids is 1. The quantitative estimate of drug-likeness (QED) is 0.396. The summed E-state index contributed by atoms with van der Waals surface area (Å²) >= 11 is 0. The van der Waals surface area contributed by atoms with E-state index in [1.165, 1.54) is 0 Å². The number of methoxy groups -OCH3 is 1. The number of carbonyl (C=O) groups is 1. The summed E-state index contributed by atoms with van der Waals surface area (Å²) in [7, 11) is 1.58. The van der Waals surface area contributed by atoms with Gasteiger partial charge in [-0.15, -0.1) is 0 Å². The zero-order chi connectivity index (χ0) is 21.8. The maximum atomic E-state index is 12.2. The second-order valence-electron chi connectivity index (χ2n) is 7.57. The van der Waals surface area contributed by atoms with Crippen molar-refractivity contribution in [3.8, 4) is 17.0 Å². The summed E-state index contributed by atoms with van der Waals surface area (Å²) in [5, 5.41) is 10.9. The van der Waals surface area contributed by atoms with E-state index in [-0.39, 0.29) is 12.3 Å². The first-order valence-corrected chi connectivity index (χ1v) is 10.5. The van der Waals surface area contributed by atoms with E-state index in [9.17, 15) is 9.90 Å². The third kappa shape index (κ3) is 4.25. The Morgan fingerprint density at radius 3 is 2.65 bits per heavy atom. The minimum atomic E-state index is -0.962. The van der Waals surface area contributed by atoms with Crippen LogP contribution in [0, 0.1) is 0 Å². The number of benzene rings is 2. The highest BCUT2D eigenvalue weighted by Crippen LogP contribution is 2.38. The van der Waals surface area contributed by atoms with Crippen molar-refractivity contribution in [1.82, 2.24) is 9.55 Å². The molecule has 2 heterocycles. The Balaban J connectivity index is 1.82. The van der Waals surface area contributed by atoms with Crippen LogP contribution in [0.1, 0.15) is 41.4 Å². The number of hydrogen-bond donors (Lipinski definition) is 1. The van der Waals surface area contributed by atoms with Crippen LogP contribution in [0.25, 0.3) is 22.2 Å². The molecule has 0 aliphatic carbocycles. The van der Waals surface area contributed by atoms with Gasteiger partial charge in [-0.25, -0.2) is 9.78 Å². The van der Waals surface area contributed by atoms with Gasteiger partial charge in [0.1, 0.15) is 18.1 Å². The van der Waals surface area contributed by atoms with Crippen LogP contribution in [-0.4, -0.2) is 27.7 Å². The molecule has 0 aromatic heterocycles. The molecule has 2 aromatic rings. The van der Waals surface area contributed by atoms with Gasteiger partial charge in [0.2, 0.25) is 0 Å². The van der Waals surface area contributed by atoms with Gasteiger partial charge in [0.15, 0.2) is 0 Å². The minimum absolute atomic E-state index is 0.195. The summed E-state index contributed by atoms with van der Waals surface area (Å²) in [6, 6.07) is 15.7. The van der Waals surface area contributed by atoms with E-state index < -0.39 is 5.97 Å². The Kier molecular flexibility index (Phi) is 6.18. The van der Waals surface area contributed by atoms with E-state index >= 15 is 0 Å². The standard InChI is InChI=1S/C25H26N2O4/c1-3-4-12-27-14-22-23(20(16-30-2)24(27)25(28)29)19-13-18(10-11-21(19)26-22)31-15-17-8-6-5-7-9-17/h5-11,13-14H,3-4,12,15-16H2,1-2H3,(H,28,29).